The molecule has 4 unspecified atom stereocenters. The zero-order chi connectivity index (χ0) is 38.9. The van der Waals surface area contributed by atoms with Crippen molar-refractivity contribution in [2.24, 2.45) is 22.7 Å². The second-order valence-corrected chi connectivity index (χ2v) is 16.9. The van der Waals surface area contributed by atoms with Gasteiger partial charge in [0.15, 0.2) is 0 Å². The lowest BCUT2D eigenvalue weighted by molar-refractivity contribution is 0.215. The largest absolute Gasteiger partial charge is 0.497 e. The molecule has 0 radical (unpaired) electrons. The topological polar surface area (TPSA) is 67.4 Å². The number of ether oxygens (including phenoxy) is 6. The van der Waals surface area contributed by atoms with E-state index >= 15 is 0 Å². The normalized spacial score (nSPS) is 23.0. The zero-order valence-electron chi connectivity index (χ0n) is 34.3. The smallest absolute Gasteiger partial charge is 0.130 e. The molecule has 54 heavy (non-hydrogen) atoms. The van der Waals surface area contributed by atoms with Crippen molar-refractivity contribution >= 4 is 17.7 Å². The maximum absolute atomic E-state index is 6.19. The Morgan fingerprint density at radius 1 is 0.556 bits per heavy atom. The van der Waals surface area contributed by atoms with Crippen LogP contribution in [0.5, 0.6) is 34.5 Å². The molecule has 1 saturated carbocycles. The number of benzene rings is 3. The van der Waals surface area contributed by atoms with E-state index in [0.717, 1.165) is 70.4 Å². The molecule has 3 aromatic carbocycles. The summed E-state index contributed by atoms with van der Waals surface area (Å²) in [7, 11) is 10.3. The molecule has 0 bridgehead atoms. The molecular weight excluding hydrogens is 675 g/mol. The van der Waals surface area contributed by atoms with Gasteiger partial charge in [-0.3, -0.25) is 5.32 Å². The van der Waals surface area contributed by atoms with Crippen LogP contribution in [0.4, 0.5) is 0 Å². The van der Waals surface area contributed by atoms with Crippen LogP contribution < -0.4 is 33.7 Å². The van der Waals surface area contributed by atoms with E-state index in [4.69, 9.17) is 28.4 Å². The van der Waals surface area contributed by atoms with Crippen LogP contribution in [0.25, 0.3) is 17.7 Å². The predicted molar refractivity (Wildman–Crippen MR) is 220 cm³/mol. The summed E-state index contributed by atoms with van der Waals surface area (Å²) in [6, 6.07) is 18.3. The van der Waals surface area contributed by atoms with Crippen molar-refractivity contribution in [3.63, 3.8) is 0 Å². The molecule has 0 amide bonds. The lowest BCUT2D eigenvalue weighted by Crippen LogP contribution is -2.51. The van der Waals surface area contributed by atoms with Gasteiger partial charge in [0.05, 0.1) is 54.7 Å². The second-order valence-electron chi connectivity index (χ2n) is 16.9. The molecular formula is C47H59NO6. The summed E-state index contributed by atoms with van der Waals surface area (Å²) in [4.78, 5) is 0. The highest BCUT2D eigenvalue weighted by atomic mass is 16.5. The van der Waals surface area contributed by atoms with Gasteiger partial charge in [-0.25, -0.2) is 0 Å². The average Bonchev–Trinajstić information content (AvgIpc) is 3.16. The van der Waals surface area contributed by atoms with Crippen molar-refractivity contribution < 1.29 is 28.4 Å². The van der Waals surface area contributed by atoms with Gasteiger partial charge in [-0.15, -0.1) is 0 Å². The Balaban J connectivity index is 1.66. The third kappa shape index (κ3) is 7.79. The standard InChI is InChI=1S/C47H59NO6/c1-46(2,3)32-21-30(19-28-13-15-34(49-7)25-40(28)52-10)44-38(23-32)43(37-18-17-36(51-9)27-42(37)54-12)39-24-33(47(4,5)6)22-31(45(39)48-44)20-29-14-16-35(50-8)26-41(29)53-11/h13-20,23,25-27,32-33,44-45,48H,21-22,24H2,1-12H3. The van der Waals surface area contributed by atoms with E-state index in [-0.39, 0.29) is 28.8 Å². The van der Waals surface area contributed by atoms with Gasteiger partial charge in [0.2, 0.25) is 0 Å². The fourth-order valence-corrected chi connectivity index (χ4v) is 8.32. The van der Waals surface area contributed by atoms with E-state index in [2.05, 4.69) is 89.4 Å². The monoisotopic (exact) mass is 733 g/mol. The van der Waals surface area contributed by atoms with Crippen LogP contribution in [-0.2, 0) is 0 Å². The highest BCUT2D eigenvalue weighted by molar-refractivity contribution is 5.90. The van der Waals surface area contributed by atoms with Gasteiger partial charge < -0.3 is 28.4 Å². The van der Waals surface area contributed by atoms with Crippen molar-refractivity contribution in [3.05, 3.63) is 99.7 Å². The number of hydrogen-bond acceptors (Lipinski definition) is 7. The van der Waals surface area contributed by atoms with Crippen LogP contribution in [0.1, 0.15) is 77.5 Å². The van der Waals surface area contributed by atoms with Gasteiger partial charge >= 0.3 is 0 Å². The highest BCUT2D eigenvalue weighted by Gasteiger charge is 2.45. The maximum Gasteiger partial charge on any atom is 0.130 e. The summed E-state index contributed by atoms with van der Waals surface area (Å²) in [5.74, 6) is 5.37. The third-order valence-electron chi connectivity index (χ3n) is 11.7. The summed E-state index contributed by atoms with van der Waals surface area (Å²) in [5.41, 5.74) is 9.84. The van der Waals surface area contributed by atoms with Crippen LogP contribution >= 0.6 is 0 Å². The maximum atomic E-state index is 6.19. The molecule has 0 aromatic heterocycles. The summed E-state index contributed by atoms with van der Waals surface area (Å²) in [5, 5.41) is 4.26. The Morgan fingerprint density at radius 2 is 1.06 bits per heavy atom. The van der Waals surface area contributed by atoms with Crippen molar-refractivity contribution in [3.8, 4) is 34.5 Å². The first kappa shape index (κ1) is 39.1. The lowest BCUT2D eigenvalue weighted by Gasteiger charge is -2.49. The Morgan fingerprint density at radius 3 is 1.54 bits per heavy atom. The minimum absolute atomic E-state index is 0.0216. The van der Waals surface area contributed by atoms with Gasteiger partial charge in [0, 0.05) is 34.9 Å². The molecule has 7 heteroatoms. The number of hydrogen-bond donors (Lipinski definition) is 1. The molecule has 288 valence electrons. The third-order valence-corrected chi connectivity index (χ3v) is 11.7. The second kappa shape index (κ2) is 15.6. The summed E-state index contributed by atoms with van der Waals surface area (Å²) < 4.78 is 34.9. The Kier molecular flexibility index (Phi) is 11.3. The molecule has 7 nitrogen and oxygen atoms in total. The number of nitrogens with one attached hydrogen (secondary N) is 1. The molecule has 4 atom stereocenters. The van der Waals surface area contributed by atoms with Gasteiger partial charge in [-0.2, -0.15) is 0 Å². The molecule has 1 N–H and O–H groups in total. The van der Waals surface area contributed by atoms with Crippen LogP contribution in [-0.4, -0.2) is 54.7 Å². The first-order valence-electron chi connectivity index (χ1n) is 19.0. The lowest BCUT2D eigenvalue weighted by atomic mass is 9.62. The van der Waals surface area contributed by atoms with Crippen molar-refractivity contribution in [1.82, 2.24) is 5.32 Å². The zero-order valence-corrected chi connectivity index (χ0v) is 34.3. The Hall–Kier alpha value is -4.62. The number of methoxy groups -OCH3 is 6. The predicted octanol–water partition coefficient (Wildman–Crippen LogP) is 10.4. The molecule has 1 aliphatic heterocycles. The van der Waals surface area contributed by atoms with Crippen LogP contribution in [0, 0.1) is 22.7 Å². The van der Waals surface area contributed by atoms with E-state index in [1.807, 2.05) is 30.3 Å². The van der Waals surface area contributed by atoms with E-state index in [1.54, 1.807) is 42.7 Å². The first-order valence-corrected chi connectivity index (χ1v) is 19.0. The molecule has 0 spiro atoms. The highest BCUT2D eigenvalue weighted by Crippen LogP contribution is 2.54. The van der Waals surface area contributed by atoms with E-state index in [1.165, 1.54) is 27.9 Å². The molecule has 3 aromatic rings. The van der Waals surface area contributed by atoms with E-state index in [9.17, 15) is 0 Å². The van der Waals surface area contributed by atoms with Crippen molar-refractivity contribution in [1.29, 1.82) is 0 Å². The van der Waals surface area contributed by atoms with E-state index in [0.29, 0.717) is 5.92 Å². The molecule has 1 fully saturated rings. The minimum atomic E-state index is -0.0571. The fourth-order valence-electron chi connectivity index (χ4n) is 8.32. The summed E-state index contributed by atoms with van der Waals surface area (Å²) in [6.07, 6.45) is 10.1. The van der Waals surface area contributed by atoms with Crippen molar-refractivity contribution in [2.75, 3.05) is 42.7 Å². The summed E-state index contributed by atoms with van der Waals surface area (Å²) in [6.45, 7) is 14.2. The van der Waals surface area contributed by atoms with Crippen molar-refractivity contribution in [2.45, 2.75) is 72.9 Å². The SMILES string of the molecule is COc1ccc(C=C2CC(C(C)(C)C)C=C3C(c4ccc(OC)cc4OC)=C4CC(C(C)(C)C)CC(=Cc5ccc(OC)cc5OC)C4NC23)c(OC)c1. The average molecular weight is 734 g/mol. The van der Waals surface area contributed by atoms with Gasteiger partial charge in [-0.05, 0) is 106 Å². The molecule has 1 heterocycles. The molecule has 0 saturated heterocycles. The van der Waals surface area contributed by atoms with Crippen LogP contribution in [0.2, 0.25) is 0 Å². The molecule has 6 rings (SSSR count). The molecule has 2 aliphatic carbocycles. The minimum Gasteiger partial charge on any atom is -0.497 e. The van der Waals surface area contributed by atoms with Gasteiger partial charge in [0.25, 0.3) is 0 Å². The number of rotatable bonds is 9. The van der Waals surface area contributed by atoms with Gasteiger partial charge in [-0.1, -0.05) is 59.8 Å². The fraction of sp³-hybridized carbons (Fsp3) is 0.447. The number of allylic oxidation sites excluding steroid dienone is 1. The van der Waals surface area contributed by atoms with E-state index < -0.39 is 0 Å². The quantitative estimate of drug-likeness (QED) is 0.235. The Bertz CT molecular complexity index is 1990. The first-order chi connectivity index (χ1) is 25.7. The Labute approximate surface area is 323 Å². The van der Waals surface area contributed by atoms with Gasteiger partial charge in [0.1, 0.15) is 34.5 Å². The summed E-state index contributed by atoms with van der Waals surface area (Å²) >= 11 is 0. The van der Waals surface area contributed by atoms with Crippen LogP contribution in [0.15, 0.2) is 83.0 Å². The number of fused-ring (bicyclic) bond motifs is 2. The molecule has 3 aliphatic rings. The van der Waals surface area contributed by atoms with Crippen LogP contribution in [0.3, 0.4) is 0 Å².